The molecule has 0 bridgehead atoms. The summed E-state index contributed by atoms with van der Waals surface area (Å²) in [6.07, 6.45) is 4.34. The lowest BCUT2D eigenvalue weighted by Gasteiger charge is -2.19. The van der Waals surface area contributed by atoms with Crippen LogP contribution >= 0.6 is 12.6 Å². The summed E-state index contributed by atoms with van der Waals surface area (Å²) in [7, 11) is 0. The molecule has 0 N–H and O–H groups in total. The quantitative estimate of drug-likeness (QED) is 0.494. The average Bonchev–Trinajstić information content (AvgIpc) is 2.70. The van der Waals surface area contributed by atoms with Crippen molar-refractivity contribution in [3.63, 3.8) is 0 Å². The van der Waals surface area contributed by atoms with Crippen LogP contribution in [0.2, 0.25) is 0 Å². The van der Waals surface area contributed by atoms with Crippen molar-refractivity contribution < 1.29 is 0 Å². The average molecular weight is 340 g/mol. The summed E-state index contributed by atoms with van der Waals surface area (Å²) in [5.74, 6) is 0. The second-order valence-electron chi connectivity index (χ2n) is 6.34. The van der Waals surface area contributed by atoms with Crippen LogP contribution in [-0.4, -0.2) is 0 Å². The number of hydrogen-bond donors (Lipinski definition) is 1. The van der Waals surface area contributed by atoms with Gasteiger partial charge >= 0.3 is 0 Å². The molecule has 122 valence electrons. The Bertz CT molecular complexity index is 934. The van der Waals surface area contributed by atoms with Gasteiger partial charge in [-0.2, -0.15) is 0 Å². The van der Waals surface area contributed by atoms with Gasteiger partial charge in [0.05, 0.1) is 0 Å². The second kappa shape index (κ2) is 7.16. The fourth-order valence-corrected chi connectivity index (χ4v) is 3.65. The van der Waals surface area contributed by atoms with Gasteiger partial charge in [0.1, 0.15) is 0 Å². The Morgan fingerprint density at radius 2 is 1.16 bits per heavy atom. The first-order valence-electron chi connectivity index (χ1n) is 8.65. The van der Waals surface area contributed by atoms with E-state index in [9.17, 15) is 0 Å². The van der Waals surface area contributed by atoms with Crippen molar-refractivity contribution in [3.8, 4) is 11.1 Å². The SMILES string of the molecule is SC1=C(c2ccccc2)C=C(c2cccc(-c3ccccc3)c2)CC1. The normalized spacial score (nSPS) is 14.4. The molecule has 1 heteroatoms. The first kappa shape index (κ1) is 16.0. The van der Waals surface area contributed by atoms with Gasteiger partial charge in [-0.05, 0) is 63.3 Å². The Morgan fingerprint density at radius 3 is 1.88 bits per heavy atom. The molecular weight excluding hydrogens is 320 g/mol. The van der Waals surface area contributed by atoms with Crippen LogP contribution in [0.4, 0.5) is 0 Å². The predicted molar refractivity (Wildman–Crippen MR) is 111 cm³/mol. The van der Waals surface area contributed by atoms with Crippen molar-refractivity contribution in [1.82, 2.24) is 0 Å². The third kappa shape index (κ3) is 3.47. The fraction of sp³-hybridized carbons (Fsp3) is 0.0833. The summed E-state index contributed by atoms with van der Waals surface area (Å²) in [5, 5.41) is 0. The molecule has 0 radical (unpaired) electrons. The summed E-state index contributed by atoms with van der Waals surface area (Å²) in [5.41, 5.74) is 7.69. The highest BCUT2D eigenvalue weighted by atomic mass is 32.1. The molecule has 0 aliphatic heterocycles. The van der Waals surface area contributed by atoms with E-state index in [0.717, 1.165) is 12.8 Å². The van der Waals surface area contributed by atoms with Crippen LogP contribution < -0.4 is 0 Å². The molecule has 0 amide bonds. The minimum atomic E-state index is 0.995. The van der Waals surface area contributed by atoms with Gasteiger partial charge in [-0.3, -0.25) is 0 Å². The van der Waals surface area contributed by atoms with E-state index in [1.165, 1.54) is 38.3 Å². The highest BCUT2D eigenvalue weighted by molar-refractivity contribution is 7.84. The fourth-order valence-electron chi connectivity index (χ4n) is 3.34. The molecule has 1 aliphatic carbocycles. The van der Waals surface area contributed by atoms with Crippen LogP contribution in [0.25, 0.3) is 22.3 Å². The molecule has 0 spiro atoms. The summed E-state index contributed by atoms with van der Waals surface area (Å²) in [6.45, 7) is 0. The standard InChI is InChI=1S/C24H20S/c25-24-15-14-22(17-23(24)19-10-5-2-6-11-19)21-13-7-12-20(16-21)18-8-3-1-4-9-18/h1-13,16-17,25H,14-15H2. The van der Waals surface area contributed by atoms with Crippen LogP contribution in [0.15, 0.2) is 95.9 Å². The Balaban J connectivity index is 1.73. The van der Waals surface area contributed by atoms with Crippen LogP contribution in [0, 0.1) is 0 Å². The van der Waals surface area contributed by atoms with Gasteiger partial charge in [-0.25, -0.2) is 0 Å². The molecule has 0 aromatic heterocycles. The maximum Gasteiger partial charge on any atom is -0.00882 e. The van der Waals surface area contributed by atoms with Crippen molar-refractivity contribution in [2.75, 3.05) is 0 Å². The Kier molecular flexibility index (Phi) is 4.58. The summed E-state index contributed by atoms with van der Waals surface area (Å²) < 4.78 is 0. The molecule has 3 aromatic carbocycles. The number of allylic oxidation sites excluding steroid dienone is 4. The maximum atomic E-state index is 4.73. The van der Waals surface area contributed by atoms with Crippen molar-refractivity contribution in [2.45, 2.75) is 12.8 Å². The van der Waals surface area contributed by atoms with Crippen molar-refractivity contribution in [2.24, 2.45) is 0 Å². The van der Waals surface area contributed by atoms with Gasteiger partial charge in [0.25, 0.3) is 0 Å². The predicted octanol–water partition coefficient (Wildman–Crippen LogP) is 6.87. The number of hydrogen-bond acceptors (Lipinski definition) is 1. The summed E-state index contributed by atoms with van der Waals surface area (Å²) >= 11 is 4.73. The highest BCUT2D eigenvalue weighted by Crippen LogP contribution is 2.37. The van der Waals surface area contributed by atoms with Gasteiger partial charge in [0, 0.05) is 0 Å². The smallest absolute Gasteiger partial charge is 0.00882 e. The lowest BCUT2D eigenvalue weighted by atomic mass is 9.89. The monoisotopic (exact) mass is 340 g/mol. The molecule has 0 nitrogen and oxygen atoms in total. The molecule has 0 heterocycles. The van der Waals surface area contributed by atoms with Crippen molar-refractivity contribution in [3.05, 3.63) is 107 Å². The van der Waals surface area contributed by atoms with E-state index in [-0.39, 0.29) is 0 Å². The lowest BCUT2D eigenvalue weighted by molar-refractivity contribution is 1.04. The first-order valence-corrected chi connectivity index (χ1v) is 9.10. The van der Waals surface area contributed by atoms with Gasteiger partial charge < -0.3 is 0 Å². The van der Waals surface area contributed by atoms with Gasteiger partial charge in [0.15, 0.2) is 0 Å². The number of benzene rings is 3. The molecule has 0 saturated carbocycles. The molecule has 4 rings (SSSR count). The third-order valence-electron chi connectivity index (χ3n) is 4.69. The largest absolute Gasteiger partial charge is 0.147 e. The second-order valence-corrected chi connectivity index (χ2v) is 6.88. The topological polar surface area (TPSA) is 0 Å². The zero-order chi connectivity index (χ0) is 17.1. The van der Waals surface area contributed by atoms with E-state index >= 15 is 0 Å². The van der Waals surface area contributed by atoms with Gasteiger partial charge in [0.2, 0.25) is 0 Å². The minimum Gasteiger partial charge on any atom is -0.147 e. The molecule has 3 aromatic rings. The zero-order valence-electron chi connectivity index (χ0n) is 14.0. The molecular formula is C24H20S. The zero-order valence-corrected chi connectivity index (χ0v) is 14.9. The Morgan fingerprint density at radius 1 is 0.560 bits per heavy atom. The summed E-state index contributed by atoms with van der Waals surface area (Å²) in [6, 6.07) is 29.9. The van der Waals surface area contributed by atoms with Crippen molar-refractivity contribution >= 4 is 23.8 Å². The Hall–Kier alpha value is -2.51. The van der Waals surface area contributed by atoms with E-state index in [1.54, 1.807) is 0 Å². The van der Waals surface area contributed by atoms with Crippen molar-refractivity contribution in [1.29, 1.82) is 0 Å². The molecule has 0 saturated heterocycles. The van der Waals surface area contributed by atoms with E-state index in [1.807, 2.05) is 0 Å². The lowest BCUT2D eigenvalue weighted by Crippen LogP contribution is -1.96. The third-order valence-corrected chi connectivity index (χ3v) is 5.15. The van der Waals surface area contributed by atoms with E-state index < -0.39 is 0 Å². The minimum absolute atomic E-state index is 0.995. The van der Waals surface area contributed by atoms with Crippen LogP contribution in [0.3, 0.4) is 0 Å². The molecule has 0 unspecified atom stereocenters. The van der Waals surface area contributed by atoms with Gasteiger partial charge in [-0.1, -0.05) is 78.9 Å². The summed E-state index contributed by atoms with van der Waals surface area (Å²) in [4.78, 5) is 1.18. The van der Waals surface area contributed by atoms with E-state index in [4.69, 9.17) is 12.6 Å². The van der Waals surface area contributed by atoms with Gasteiger partial charge in [-0.15, -0.1) is 12.6 Å². The van der Waals surface area contributed by atoms with Crippen LogP contribution in [0.5, 0.6) is 0 Å². The molecule has 25 heavy (non-hydrogen) atoms. The van der Waals surface area contributed by atoms with Crippen LogP contribution in [-0.2, 0) is 0 Å². The number of rotatable bonds is 3. The van der Waals surface area contributed by atoms with E-state index in [0.29, 0.717) is 0 Å². The molecule has 1 aliphatic rings. The Labute approximate surface area is 155 Å². The first-order chi connectivity index (χ1) is 12.3. The van der Waals surface area contributed by atoms with E-state index in [2.05, 4.69) is 91.0 Å². The number of thiol groups is 1. The highest BCUT2D eigenvalue weighted by Gasteiger charge is 2.14. The molecule has 0 fully saturated rings. The van der Waals surface area contributed by atoms with Crippen LogP contribution in [0.1, 0.15) is 24.0 Å². The molecule has 0 atom stereocenters. The maximum absolute atomic E-state index is 4.73.